The summed E-state index contributed by atoms with van der Waals surface area (Å²) in [6, 6.07) is 4.17. The summed E-state index contributed by atoms with van der Waals surface area (Å²) < 4.78 is 0. The fourth-order valence-corrected chi connectivity index (χ4v) is 2.86. The van der Waals surface area contributed by atoms with Crippen LogP contribution >= 0.6 is 0 Å². The predicted octanol–water partition coefficient (Wildman–Crippen LogP) is 1.98. The maximum Gasteiger partial charge on any atom is 0.239 e. The number of amides is 1. The van der Waals surface area contributed by atoms with Gasteiger partial charge >= 0.3 is 0 Å². The number of piperazine rings is 1. The number of carbonyl (C=O) groups is 1. The van der Waals surface area contributed by atoms with Gasteiger partial charge in [-0.15, -0.1) is 0 Å². The highest BCUT2D eigenvalue weighted by atomic mass is 16.2. The van der Waals surface area contributed by atoms with Crippen molar-refractivity contribution >= 4 is 11.7 Å². The van der Waals surface area contributed by atoms with E-state index in [1.165, 1.54) is 5.56 Å². The van der Waals surface area contributed by atoms with Crippen LogP contribution in [0.4, 0.5) is 5.82 Å². The van der Waals surface area contributed by atoms with Crippen molar-refractivity contribution in [3.8, 4) is 0 Å². The zero-order valence-corrected chi connectivity index (χ0v) is 14.2. The van der Waals surface area contributed by atoms with Crippen molar-refractivity contribution in [2.75, 3.05) is 39.1 Å². The first-order valence-electron chi connectivity index (χ1n) is 8.14. The molecule has 5 heteroatoms. The molecule has 0 aliphatic carbocycles. The van der Waals surface area contributed by atoms with Crippen molar-refractivity contribution in [1.29, 1.82) is 0 Å². The van der Waals surface area contributed by atoms with E-state index >= 15 is 0 Å². The second-order valence-corrected chi connectivity index (χ2v) is 6.31. The molecule has 1 aromatic heterocycles. The molecule has 0 aromatic carbocycles. The van der Waals surface area contributed by atoms with E-state index in [9.17, 15) is 4.79 Å². The van der Waals surface area contributed by atoms with Crippen LogP contribution in [0, 0.1) is 0 Å². The van der Waals surface area contributed by atoms with E-state index in [1.807, 2.05) is 43.2 Å². The molecule has 2 heterocycles. The Morgan fingerprint density at radius 3 is 2.68 bits per heavy atom. The number of unbranched alkanes of at least 4 members (excludes halogenated alkanes) is 1. The molecule has 1 aliphatic heterocycles. The van der Waals surface area contributed by atoms with Crippen molar-refractivity contribution in [2.24, 2.45) is 0 Å². The summed E-state index contributed by atoms with van der Waals surface area (Å²) >= 11 is 0. The van der Waals surface area contributed by atoms with Crippen molar-refractivity contribution < 1.29 is 4.79 Å². The molecule has 0 bridgehead atoms. The number of pyridine rings is 1. The Hall–Kier alpha value is -1.62. The third-order valence-electron chi connectivity index (χ3n) is 4.31. The number of hydrogen-bond donors (Lipinski definition) is 0. The molecule has 122 valence electrons. The minimum atomic E-state index is 0.0206. The lowest BCUT2D eigenvalue weighted by Gasteiger charge is -2.39. The van der Waals surface area contributed by atoms with Crippen molar-refractivity contribution in [1.82, 2.24) is 14.8 Å². The quantitative estimate of drug-likeness (QED) is 0.806. The number of hydrogen-bond acceptors (Lipinski definition) is 4. The summed E-state index contributed by atoms with van der Waals surface area (Å²) in [6.07, 6.45) is 5.09. The van der Waals surface area contributed by atoms with E-state index in [0.29, 0.717) is 0 Å². The van der Waals surface area contributed by atoms with Gasteiger partial charge in [0.05, 0.1) is 6.04 Å². The maximum absolute atomic E-state index is 12.4. The minimum absolute atomic E-state index is 0.0206. The van der Waals surface area contributed by atoms with Gasteiger partial charge in [-0.2, -0.15) is 0 Å². The van der Waals surface area contributed by atoms with Gasteiger partial charge in [0.2, 0.25) is 5.91 Å². The average molecular weight is 304 g/mol. The molecule has 0 N–H and O–H groups in total. The smallest absolute Gasteiger partial charge is 0.239 e. The molecule has 1 saturated heterocycles. The monoisotopic (exact) mass is 304 g/mol. The summed E-state index contributed by atoms with van der Waals surface area (Å²) in [4.78, 5) is 23.1. The molecular formula is C17H28N4O. The summed E-state index contributed by atoms with van der Waals surface area (Å²) in [5, 5.41) is 0. The van der Waals surface area contributed by atoms with Crippen LogP contribution in [0.2, 0.25) is 0 Å². The second-order valence-electron chi connectivity index (χ2n) is 6.31. The topological polar surface area (TPSA) is 39.7 Å². The van der Waals surface area contributed by atoms with Gasteiger partial charge in [-0.3, -0.25) is 9.69 Å². The van der Waals surface area contributed by atoms with Crippen LogP contribution < -0.4 is 4.90 Å². The number of aromatic nitrogens is 1. The van der Waals surface area contributed by atoms with Crippen LogP contribution in [-0.4, -0.2) is 61.0 Å². The number of nitrogens with zero attached hydrogens (tertiary/aromatic N) is 4. The molecule has 5 nitrogen and oxygen atoms in total. The number of carbonyl (C=O) groups excluding carboxylic acids is 1. The highest BCUT2D eigenvalue weighted by molar-refractivity contribution is 5.82. The average Bonchev–Trinajstić information content (AvgIpc) is 2.51. The SMILES string of the molecule is CCCC[C@H]1C(=O)N(C)CCN1Cc1ccc(N(C)C)nc1. The van der Waals surface area contributed by atoms with Gasteiger partial charge in [-0.05, 0) is 18.1 Å². The number of anilines is 1. The fraction of sp³-hybridized carbons (Fsp3) is 0.647. The molecular weight excluding hydrogens is 276 g/mol. The lowest BCUT2D eigenvalue weighted by molar-refractivity contribution is -0.140. The van der Waals surface area contributed by atoms with Crippen LogP contribution in [0.15, 0.2) is 18.3 Å². The van der Waals surface area contributed by atoms with Gasteiger partial charge in [-0.1, -0.05) is 25.8 Å². The van der Waals surface area contributed by atoms with E-state index in [-0.39, 0.29) is 11.9 Å². The van der Waals surface area contributed by atoms with Crippen molar-refractivity contribution in [2.45, 2.75) is 38.8 Å². The molecule has 1 aliphatic rings. The molecule has 0 spiro atoms. The van der Waals surface area contributed by atoms with Crippen molar-refractivity contribution in [3.63, 3.8) is 0 Å². The van der Waals surface area contributed by atoms with Gasteiger partial charge in [0, 0.05) is 47.0 Å². The molecule has 1 atom stereocenters. The van der Waals surface area contributed by atoms with Gasteiger partial charge in [0.15, 0.2) is 0 Å². The zero-order chi connectivity index (χ0) is 16.1. The van der Waals surface area contributed by atoms with E-state index in [1.54, 1.807) is 0 Å². The van der Waals surface area contributed by atoms with E-state index in [2.05, 4.69) is 22.9 Å². The summed E-state index contributed by atoms with van der Waals surface area (Å²) in [5.41, 5.74) is 1.17. The third-order valence-corrected chi connectivity index (χ3v) is 4.31. The molecule has 1 amide bonds. The normalized spacial score (nSPS) is 19.5. The Morgan fingerprint density at radius 1 is 1.32 bits per heavy atom. The summed E-state index contributed by atoms with van der Waals surface area (Å²) in [5.74, 6) is 1.22. The van der Waals surface area contributed by atoms with Crippen LogP contribution in [0.25, 0.3) is 0 Å². The molecule has 2 rings (SSSR count). The van der Waals surface area contributed by atoms with Crippen LogP contribution in [0.1, 0.15) is 31.7 Å². The van der Waals surface area contributed by atoms with E-state index < -0.39 is 0 Å². The van der Waals surface area contributed by atoms with Gasteiger partial charge in [-0.25, -0.2) is 4.98 Å². The largest absolute Gasteiger partial charge is 0.363 e. The highest BCUT2D eigenvalue weighted by Crippen LogP contribution is 2.19. The Labute approximate surface area is 133 Å². The Morgan fingerprint density at radius 2 is 2.09 bits per heavy atom. The standard InChI is InChI=1S/C17H28N4O/c1-5-6-7-15-17(22)20(4)10-11-21(15)13-14-8-9-16(18-12-14)19(2)3/h8-9,12,15H,5-7,10-11,13H2,1-4H3/t15-/m0/s1. The Kier molecular flexibility index (Phi) is 5.77. The third kappa shape index (κ3) is 3.97. The second kappa shape index (κ2) is 7.58. The summed E-state index contributed by atoms with van der Waals surface area (Å²) in [7, 11) is 5.88. The Balaban J connectivity index is 2.06. The number of rotatable bonds is 6. The predicted molar refractivity (Wildman–Crippen MR) is 89.9 cm³/mol. The lowest BCUT2D eigenvalue weighted by Crippen LogP contribution is -2.55. The fourth-order valence-electron chi connectivity index (χ4n) is 2.86. The first-order chi connectivity index (χ1) is 10.5. The van der Waals surface area contributed by atoms with Gasteiger partial charge in [0.25, 0.3) is 0 Å². The van der Waals surface area contributed by atoms with Gasteiger partial charge < -0.3 is 9.80 Å². The van der Waals surface area contributed by atoms with Crippen LogP contribution in [-0.2, 0) is 11.3 Å². The first-order valence-corrected chi connectivity index (χ1v) is 8.14. The Bertz CT molecular complexity index is 486. The first kappa shape index (κ1) is 16.7. The van der Waals surface area contributed by atoms with E-state index in [4.69, 9.17) is 0 Å². The van der Waals surface area contributed by atoms with Crippen molar-refractivity contribution in [3.05, 3.63) is 23.9 Å². The molecule has 1 fully saturated rings. The van der Waals surface area contributed by atoms with Gasteiger partial charge in [0.1, 0.15) is 5.82 Å². The highest BCUT2D eigenvalue weighted by Gasteiger charge is 2.32. The molecule has 0 saturated carbocycles. The minimum Gasteiger partial charge on any atom is -0.363 e. The van der Waals surface area contributed by atoms with Crippen LogP contribution in [0.5, 0.6) is 0 Å². The lowest BCUT2D eigenvalue weighted by atomic mass is 10.0. The molecule has 22 heavy (non-hydrogen) atoms. The molecule has 0 radical (unpaired) electrons. The zero-order valence-electron chi connectivity index (χ0n) is 14.2. The number of likely N-dealkylation sites (N-methyl/N-ethyl adjacent to an activating group) is 1. The van der Waals surface area contributed by atoms with Crippen LogP contribution in [0.3, 0.4) is 0 Å². The maximum atomic E-state index is 12.4. The van der Waals surface area contributed by atoms with E-state index in [0.717, 1.165) is 44.7 Å². The molecule has 0 unspecified atom stereocenters. The summed E-state index contributed by atoms with van der Waals surface area (Å²) in [6.45, 7) is 4.72. The molecule has 1 aromatic rings.